The number of fused-ring (bicyclic) bond motifs is 1. The van der Waals surface area contributed by atoms with Gasteiger partial charge in [-0.1, -0.05) is 30.3 Å². The molecule has 1 aromatic heterocycles. The smallest absolute Gasteiger partial charge is 0.273 e. The molecule has 2 fully saturated rings. The zero-order valence-electron chi connectivity index (χ0n) is 13.9. The molecule has 1 aromatic carbocycles. The van der Waals surface area contributed by atoms with Crippen molar-refractivity contribution in [2.24, 2.45) is 11.8 Å². The Labute approximate surface area is 164 Å². The number of benzene rings is 1. The molecule has 3 heterocycles. The van der Waals surface area contributed by atoms with Crippen LogP contribution in [0.3, 0.4) is 0 Å². The molecule has 1 amide bonds. The number of thiazole rings is 1. The Bertz CT molecular complexity index is 681. The van der Waals surface area contributed by atoms with Gasteiger partial charge in [0.05, 0.1) is 0 Å². The SMILES string of the molecule is Cl.Cl.O=C(c1csc(-c2ccccc2)n1)N1CC[C@@H]2CNC[C@@H]2CC1. The van der Waals surface area contributed by atoms with Crippen molar-refractivity contribution in [1.82, 2.24) is 15.2 Å². The minimum atomic E-state index is 0. The van der Waals surface area contributed by atoms with Gasteiger partial charge in [0, 0.05) is 24.0 Å². The molecular weight excluding hydrogens is 377 g/mol. The molecule has 2 saturated heterocycles. The van der Waals surface area contributed by atoms with Crippen molar-refractivity contribution in [2.75, 3.05) is 26.2 Å². The number of likely N-dealkylation sites (tertiary alicyclic amines) is 1. The molecule has 25 heavy (non-hydrogen) atoms. The number of halogens is 2. The second-order valence-electron chi connectivity index (χ2n) is 6.45. The number of rotatable bonds is 2. The second kappa shape index (κ2) is 8.99. The molecule has 0 radical (unpaired) electrons. The summed E-state index contributed by atoms with van der Waals surface area (Å²) in [6, 6.07) is 10.1. The van der Waals surface area contributed by atoms with E-state index in [0.29, 0.717) is 5.69 Å². The van der Waals surface area contributed by atoms with Gasteiger partial charge in [-0.05, 0) is 37.8 Å². The highest BCUT2D eigenvalue weighted by molar-refractivity contribution is 7.13. The summed E-state index contributed by atoms with van der Waals surface area (Å²) in [7, 11) is 0. The number of amides is 1. The maximum Gasteiger partial charge on any atom is 0.273 e. The summed E-state index contributed by atoms with van der Waals surface area (Å²) in [5, 5.41) is 6.30. The monoisotopic (exact) mass is 399 g/mol. The quantitative estimate of drug-likeness (QED) is 0.836. The molecule has 0 aliphatic carbocycles. The predicted octanol–water partition coefficient (Wildman–Crippen LogP) is 3.73. The Morgan fingerprint density at radius 3 is 2.36 bits per heavy atom. The molecular formula is C18H23Cl2N3OS. The van der Waals surface area contributed by atoms with Gasteiger partial charge in [-0.3, -0.25) is 4.79 Å². The van der Waals surface area contributed by atoms with E-state index in [2.05, 4.69) is 10.3 Å². The van der Waals surface area contributed by atoms with Gasteiger partial charge in [0.1, 0.15) is 10.7 Å². The van der Waals surface area contributed by atoms with Crippen LogP contribution in [-0.2, 0) is 0 Å². The highest BCUT2D eigenvalue weighted by atomic mass is 35.5. The summed E-state index contributed by atoms with van der Waals surface area (Å²) in [5.74, 6) is 1.57. The third-order valence-corrected chi connectivity index (χ3v) is 5.94. The van der Waals surface area contributed by atoms with Crippen LogP contribution in [0.25, 0.3) is 10.6 Å². The lowest BCUT2D eigenvalue weighted by molar-refractivity contribution is 0.0753. The third-order valence-electron chi connectivity index (χ3n) is 5.05. The number of nitrogens with one attached hydrogen (secondary N) is 1. The van der Waals surface area contributed by atoms with Gasteiger partial charge < -0.3 is 10.2 Å². The molecule has 2 aliphatic heterocycles. The first kappa shape index (κ1) is 20.2. The highest BCUT2D eigenvalue weighted by Crippen LogP contribution is 2.28. The fraction of sp³-hybridized carbons (Fsp3) is 0.444. The van der Waals surface area contributed by atoms with Crippen molar-refractivity contribution < 1.29 is 4.79 Å². The van der Waals surface area contributed by atoms with Crippen molar-refractivity contribution in [2.45, 2.75) is 12.8 Å². The van der Waals surface area contributed by atoms with Gasteiger partial charge in [0.15, 0.2) is 0 Å². The molecule has 2 aromatic rings. The van der Waals surface area contributed by atoms with Crippen molar-refractivity contribution in [3.05, 3.63) is 41.4 Å². The van der Waals surface area contributed by atoms with Gasteiger partial charge in [0.2, 0.25) is 0 Å². The Morgan fingerprint density at radius 1 is 1.08 bits per heavy atom. The molecule has 7 heteroatoms. The lowest BCUT2D eigenvalue weighted by Gasteiger charge is -2.19. The molecule has 0 saturated carbocycles. The molecule has 0 spiro atoms. The zero-order valence-corrected chi connectivity index (χ0v) is 16.3. The summed E-state index contributed by atoms with van der Waals surface area (Å²) in [4.78, 5) is 19.3. The van der Waals surface area contributed by atoms with Crippen LogP contribution in [0.1, 0.15) is 23.3 Å². The van der Waals surface area contributed by atoms with Crippen molar-refractivity contribution in [3.8, 4) is 10.6 Å². The van der Waals surface area contributed by atoms with E-state index in [-0.39, 0.29) is 30.7 Å². The molecule has 4 nitrogen and oxygen atoms in total. The van der Waals surface area contributed by atoms with E-state index >= 15 is 0 Å². The fourth-order valence-electron chi connectivity index (χ4n) is 3.67. The Morgan fingerprint density at radius 2 is 1.72 bits per heavy atom. The molecule has 2 atom stereocenters. The number of hydrogen-bond acceptors (Lipinski definition) is 4. The summed E-state index contributed by atoms with van der Waals surface area (Å²) in [5.41, 5.74) is 1.67. The normalized spacial score (nSPS) is 22.3. The Balaban J connectivity index is 0.00000113. The number of nitrogens with zero attached hydrogens (tertiary/aromatic N) is 2. The summed E-state index contributed by atoms with van der Waals surface area (Å²) in [6.07, 6.45) is 2.22. The van der Waals surface area contributed by atoms with E-state index in [4.69, 9.17) is 0 Å². The first-order valence-corrected chi connectivity index (χ1v) is 9.20. The summed E-state index contributed by atoms with van der Waals surface area (Å²) >= 11 is 1.55. The van der Waals surface area contributed by atoms with E-state index < -0.39 is 0 Å². The van der Waals surface area contributed by atoms with Gasteiger partial charge in [0.25, 0.3) is 5.91 Å². The lowest BCUT2D eigenvalue weighted by atomic mass is 9.92. The van der Waals surface area contributed by atoms with Crippen LogP contribution in [0.15, 0.2) is 35.7 Å². The lowest BCUT2D eigenvalue weighted by Crippen LogP contribution is -2.33. The van der Waals surface area contributed by atoms with Crippen LogP contribution in [0.2, 0.25) is 0 Å². The van der Waals surface area contributed by atoms with Crippen LogP contribution < -0.4 is 5.32 Å². The number of aromatic nitrogens is 1. The standard InChI is InChI=1S/C18H21N3OS.2ClH/c22-18(21-8-6-14-10-19-11-15(14)7-9-21)16-12-23-17(20-16)13-4-2-1-3-5-13;;/h1-5,12,14-15,19H,6-11H2;2*1H/t14-,15+;;. The Hall–Kier alpha value is -1.14. The topological polar surface area (TPSA) is 45.2 Å². The predicted molar refractivity (Wildman–Crippen MR) is 107 cm³/mol. The molecule has 4 rings (SSSR count). The van der Waals surface area contributed by atoms with Crippen LogP contribution in [-0.4, -0.2) is 42.0 Å². The molecule has 0 unspecified atom stereocenters. The summed E-state index contributed by atoms with van der Waals surface area (Å²) < 4.78 is 0. The van der Waals surface area contributed by atoms with E-state index in [0.717, 1.165) is 61.4 Å². The van der Waals surface area contributed by atoms with Crippen molar-refractivity contribution in [3.63, 3.8) is 0 Å². The van der Waals surface area contributed by atoms with E-state index in [9.17, 15) is 4.79 Å². The number of hydrogen-bond donors (Lipinski definition) is 1. The molecule has 136 valence electrons. The van der Waals surface area contributed by atoms with E-state index in [1.807, 2.05) is 40.6 Å². The highest BCUT2D eigenvalue weighted by Gasteiger charge is 2.32. The minimum Gasteiger partial charge on any atom is -0.337 e. The van der Waals surface area contributed by atoms with E-state index in [1.165, 1.54) is 0 Å². The minimum absolute atomic E-state index is 0. The van der Waals surface area contributed by atoms with Crippen LogP contribution >= 0.6 is 36.2 Å². The maximum atomic E-state index is 12.8. The van der Waals surface area contributed by atoms with Crippen molar-refractivity contribution >= 4 is 42.1 Å². The number of carbonyl (C=O) groups is 1. The average molecular weight is 400 g/mol. The van der Waals surface area contributed by atoms with Crippen LogP contribution in [0, 0.1) is 11.8 Å². The van der Waals surface area contributed by atoms with Crippen molar-refractivity contribution in [1.29, 1.82) is 0 Å². The van der Waals surface area contributed by atoms with Crippen LogP contribution in [0.5, 0.6) is 0 Å². The van der Waals surface area contributed by atoms with Crippen LogP contribution in [0.4, 0.5) is 0 Å². The average Bonchev–Trinajstić information content (AvgIpc) is 3.21. The third kappa shape index (κ3) is 4.34. The molecule has 1 N–H and O–H groups in total. The largest absolute Gasteiger partial charge is 0.337 e. The molecule has 2 aliphatic rings. The van der Waals surface area contributed by atoms with Gasteiger partial charge >= 0.3 is 0 Å². The van der Waals surface area contributed by atoms with Gasteiger partial charge in [-0.15, -0.1) is 36.2 Å². The van der Waals surface area contributed by atoms with E-state index in [1.54, 1.807) is 11.3 Å². The second-order valence-corrected chi connectivity index (χ2v) is 7.31. The van der Waals surface area contributed by atoms with Gasteiger partial charge in [-0.2, -0.15) is 0 Å². The Kier molecular flexibility index (Phi) is 7.25. The maximum absolute atomic E-state index is 12.8. The fourth-order valence-corrected chi connectivity index (χ4v) is 4.47. The number of carbonyl (C=O) groups excluding carboxylic acids is 1. The molecule has 0 bridgehead atoms. The van der Waals surface area contributed by atoms with Gasteiger partial charge in [-0.25, -0.2) is 4.98 Å². The first-order chi connectivity index (χ1) is 11.3. The first-order valence-electron chi connectivity index (χ1n) is 8.32. The zero-order chi connectivity index (χ0) is 15.6. The summed E-state index contributed by atoms with van der Waals surface area (Å²) in [6.45, 7) is 3.95.